The molecule has 1 aliphatic rings. The molecule has 0 aromatic rings. The predicted molar refractivity (Wildman–Crippen MR) is 71.8 cm³/mol. The largest absolute Gasteiger partial charge is 0.315 e. The van der Waals surface area contributed by atoms with Crippen LogP contribution in [-0.4, -0.2) is 37.6 Å². The Balaban J connectivity index is 2.06. The average Bonchev–Trinajstić information content (AvgIpc) is 2.26. The minimum absolute atomic E-state index is 0.270. The third-order valence-corrected chi connectivity index (χ3v) is 4.22. The van der Waals surface area contributed by atoms with Crippen LogP contribution in [0.4, 0.5) is 0 Å². The summed E-state index contributed by atoms with van der Waals surface area (Å²) in [5, 5.41) is 3.61. The van der Waals surface area contributed by atoms with Gasteiger partial charge in [0.1, 0.15) is 0 Å². The van der Waals surface area contributed by atoms with Crippen LogP contribution in [0.2, 0.25) is 0 Å². The Morgan fingerprint density at radius 2 is 1.75 bits per heavy atom. The molecule has 96 valence electrons. The lowest BCUT2D eigenvalue weighted by Gasteiger charge is -2.33. The van der Waals surface area contributed by atoms with Crippen LogP contribution in [0.3, 0.4) is 0 Å². The molecule has 0 bridgehead atoms. The van der Waals surface area contributed by atoms with Crippen molar-refractivity contribution in [2.45, 2.75) is 57.9 Å². The Bertz CT molecular complexity index is 181. The molecule has 0 amide bonds. The molecule has 0 saturated heterocycles. The second-order valence-electron chi connectivity index (χ2n) is 6.18. The molecule has 0 aromatic carbocycles. The van der Waals surface area contributed by atoms with Crippen molar-refractivity contribution < 1.29 is 0 Å². The van der Waals surface area contributed by atoms with Crippen molar-refractivity contribution >= 4 is 0 Å². The van der Waals surface area contributed by atoms with Gasteiger partial charge in [0.25, 0.3) is 0 Å². The van der Waals surface area contributed by atoms with Gasteiger partial charge < -0.3 is 10.2 Å². The van der Waals surface area contributed by atoms with Crippen LogP contribution in [-0.2, 0) is 0 Å². The molecule has 1 aliphatic carbocycles. The Morgan fingerprint density at radius 3 is 2.31 bits per heavy atom. The van der Waals surface area contributed by atoms with Crippen LogP contribution in [0.1, 0.15) is 52.4 Å². The minimum Gasteiger partial charge on any atom is -0.315 e. The summed E-state index contributed by atoms with van der Waals surface area (Å²) in [5.41, 5.74) is 0.270. The van der Waals surface area contributed by atoms with Crippen LogP contribution >= 0.6 is 0 Å². The molecule has 16 heavy (non-hydrogen) atoms. The molecule has 1 fully saturated rings. The fourth-order valence-corrected chi connectivity index (χ4v) is 2.33. The summed E-state index contributed by atoms with van der Waals surface area (Å²) in [6.45, 7) is 6.87. The molecule has 2 heteroatoms. The zero-order valence-corrected chi connectivity index (χ0v) is 11.7. The first-order chi connectivity index (χ1) is 7.52. The van der Waals surface area contributed by atoms with Gasteiger partial charge in [0, 0.05) is 12.1 Å². The summed E-state index contributed by atoms with van der Waals surface area (Å²) in [7, 11) is 4.31. The van der Waals surface area contributed by atoms with E-state index in [4.69, 9.17) is 0 Å². The van der Waals surface area contributed by atoms with E-state index in [-0.39, 0.29) is 5.54 Å². The van der Waals surface area contributed by atoms with Gasteiger partial charge in [-0.25, -0.2) is 0 Å². The number of likely N-dealkylation sites (N-methyl/N-ethyl adjacent to an activating group) is 1. The Labute approximate surface area is 102 Å². The smallest absolute Gasteiger partial charge is 0.0271 e. The number of nitrogens with zero attached hydrogens (tertiary/aromatic N) is 1. The molecule has 0 atom stereocenters. The van der Waals surface area contributed by atoms with E-state index < -0.39 is 0 Å². The number of nitrogens with one attached hydrogen (secondary N) is 1. The highest BCUT2D eigenvalue weighted by Crippen LogP contribution is 2.25. The zero-order valence-electron chi connectivity index (χ0n) is 11.7. The van der Waals surface area contributed by atoms with Crippen molar-refractivity contribution in [3.63, 3.8) is 0 Å². The van der Waals surface area contributed by atoms with Crippen LogP contribution in [0.5, 0.6) is 0 Å². The van der Waals surface area contributed by atoms with Gasteiger partial charge in [0.2, 0.25) is 0 Å². The molecule has 0 unspecified atom stereocenters. The van der Waals surface area contributed by atoms with E-state index in [1.807, 2.05) is 0 Å². The van der Waals surface area contributed by atoms with Gasteiger partial charge in [-0.15, -0.1) is 0 Å². The first-order valence-electron chi connectivity index (χ1n) is 6.90. The molecule has 0 aromatic heterocycles. The van der Waals surface area contributed by atoms with Crippen LogP contribution in [0.15, 0.2) is 0 Å². The second kappa shape index (κ2) is 6.61. The molecule has 2 nitrogen and oxygen atoms in total. The van der Waals surface area contributed by atoms with Crippen LogP contribution in [0.25, 0.3) is 0 Å². The highest BCUT2D eigenvalue weighted by atomic mass is 15.2. The Hall–Kier alpha value is -0.0800. The SMILES string of the molecule is CN(C)C(C)(C)CNCCC1CCCCC1. The summed E-state index contributed by atoms with van der Waals surface area (Å²) in [4.78, 5) is 2.29. The van der Waals surface area contributed by atoms with E-state index in [0.717, 1.165) is 12.5 Å². The average molecular weight is 226 g/mol. The van der Waals surface area contributed by atoms with Crippen molar-refractivity contribution in [3.05, 3.63) is 0 Å². The second-order valence-corrected chi connectivity index (χ2v) is 6.18. The molecule has 0 aliphatic heterocycles. The van der Waals surface area contributed by atoms with Crippen LogP contribution < -0.4 is 5.32 Å². The monoisotopic (exact) mass is 226 g/mol. The number of hydrogen-bond donors (Lipinski definition) is 1. The quantitative estimate of drug-likeness (QED) is 0.701. The minimum atomic E-state index is 0.270. The lowest BCUT2D eigenvalue weighted by Crippen LogP contribution is -2.47. The standard InChI is InChI=1S/C14H30N2/c1-14(2,16(3)4)12-15-11-10-13-8-6-5-7-9-13/h13,15H,5-12H2,1-4H3. The number of hydrogen-bond acceptors (Lipinski definition) is 2. The summed E-state index contributed by atoms with van der Waals surface area (Å²) in [5.74, 6) is 1.00. The summed E-state index contributed by atoms with van der Waals surface area (Å²) < 4.78 is 0. The van der Waals surface area contributed by atoms with Crippen molar-refractivity contribution in [1.82, 2.24) is 10.2 Å². The van der Waals surface area contributed by atoms with Gasteiger partial charge in [0.15, 0.2) is 0 Å². The molecular weight excluding hydrogens is 196 g/mol. The maximum atomic E-state index is 3.61. The lowest BCUT2D eigenvalue weighted by molar-refractivity contribution is 0.188. The topological polar surface area (TPSA) is 15.3 Å². The molecule has 1 N–H and O–H groups in total. The van der Waals surface area contributed by atoms with E-state index >= 15 is 0 Å². The van der Waals surface area contributed by atoms with Gasteiger partial charge in [-0.2, -0.15) is 0 Å². The molecule has 0 radical (unpaired) electrons. The number of rotatable bonds is 6. The Kier molecular flexibility index (Phi) is 5.77. The summed E-state index contributed by atoms with van der Waals surface area (Å²) >= 11 is 0. The molecular formula is C14H30N2. The van der Waals surface area contributed by atoms with Crippen molar-refractivity contribution in [2.75, 3.05) is 27.2 Å². The van der Waals surface area contributed by atoms with Gasteiger partial charge in [-0.3, -0.25) is 0 Å². The normalized spacial score (nSPS) is 19.3. The zero-order chi connectivity index (χ0) is 12.0. The van der Waals surface area contributed by atoms with Crippen molar-refractivity contribution in [2.24, 2.45) is 5.92 Å². The fraction of sp³-hybridized carbons (Fsp3) is 1.00. The van der Waals surface area contributed by atoms with Gasteiger partial charge in [-0.05, 0) is 46.8 Å². The maximum absolute atomic E-state index is 3.61. The van der Waals surface area contributed by atoms with E-state index in [1.54, 1.807) is 0 Å². The van der Waals surface area contributed by atoms with Crippen LogP contribution in [0, 0.1) is 5.92 Å². The fourth-order valence-electron chi connectivity index (χ4n) is 2.33. The molecule has 1 rings (SSSR count). The third kappa shape index (κ3) is 4.84. The maximum Gasteiger partial charge on any atom is 0.0271 e. The van der Waals surface area contributed by atoms with Gasteiger partial charge >= 0.3 is 0 Å². The van der Waals surface area contributed by atoms with E-state index in [1.165, 1.54) is 45.1 Å². The first kappa shape index (κ1) is 14.0. The summed E-state index contributed by atoms with van der Waals surface area (Å²) in [6.07, 6.45) is 8.72. The van der Waals surface area contributed by atoms with Crippen molar-refractivity contribution in [3.8, 4) is 0 Å². The summed E-state index contributed by atoms with van der Waals surface area (Å²) in [6, 6.07) is 0. The lowest BCUT2D eigenvalue weighted by atomic mass is 9.87. The molecule has 0 spiro atoms. The predicted octanol–water partition coefficient (Wildman–Crippen LogP) is 2.89. The first-order valence-corrected chi connectivity index (χ1v) is 6.90. The van der Waals surface area contributed by atoms with Gasteiger partial charge in [0.05, 0.1) is 0 Å². The third-order valence-electron chi connectivity index (χ3n) is 4.22. The van der Waals surface area contributed by atoms with E-state index in [2.05, 4.69) is 38.2 Å². The van der Waals surface area contributed by atoms with E-state index in [0.29, 0.717) is 0 Å². The van der Waals surface area contributed by atoms with Gasteiger partial charge in [-0.1, -0.05) is 32.1 Å². The van der Waals surface area contributed by atoms with E-state index in [9.17, 15) is 0 Å². The Morgan fingerprint density at radius 1 is 1.12 bits per heavy atom. The highest BCUT2D eigenvalue weighted by Gasteiger charge is 2.19. The molecule has 1 saturated carbocycles. The highest BCUT2D eigenvalue weighted by molar-refractivity contribution is 4.79. The van der Waals surface area contributed by atoms with Crippen molar-refractivity contribution in [1.29, 1.82) is 0 Å². The molecule has 0 heterocycles.